The van der Waals surface area contributed by atoms with Crippen LogP contribution in [-0.2, 0) is 6.61 Å². The molecule has 0 saturated carbocycles. The van der Waals surface area contributed by atoms with Gasteiger partial charge in [-0.15, -0.1) is 0 Å². The third kappa shape index (κ3) is 5.80. The maximum Gasteiger partial charge on any atom is 0.271 e. The predicted octanol–water partition coefficient (Wildman–Crippen LogP) is 6.86. The SMILES string of the molecule is COc1cc(/C=N\NC(=O)c2ccc(-n3c(C)ccc3C)cc2)c(Br)cc1OCc1ccccc1Cl. The van der Waals surface area contributed by atoms with Crippen molar-refractivity contribution in [2.24, 2.45) is 5.10 Å². The molecule has 0 saturated heterocycles. The molecule has 4 rings (SSSR count). The van der Waals surface area contributed by atoms with E-state index in [-0.39, 0.29) is 5.91 Å². The molecule has 0 fully saturated rings. The number of amides is 1. The number of methoxy groups -OCH3 is 1. The second kappa shape index (κ2) is 11.5. The zero-order valence-corrected chi connectivity index (χ0v) is 22.4. The molecule has 0 aliphatic carbocycles. The standard InChI is InChI=1S/C28H25BrClN3O3/c1-18-8-9-19(2)33(18)23-12-10-20(11-13-23)28(34)32-31-16-22-14-26(35-3)27(15-24(22)29)36-17-21-6-4-5-7-25(21)30/h4-16H,17H2,1-3H3,(H,32,34)/b31-16-. The Labute approximate surface area is 223 Å². The number of hydrogen-bond acceptors (Lipinski definition) is 4. The van der Waals surface area contributed by atoms with Gasteiger partial charge in [0.1, 0.15) is 6.61 Å². The Morgan fingerprint density at radius 3 is 2.39 bits per heavy atom. The molecule has 4 aromatic rings. The Morgan fingerprint density at radius 2 is 1.72 bits per heavy atom. The summed E-state index contributed by atoms with van der Waals surface area (Å²) >= 11 is 9.75. The summed E-state index contributed by atoms with van der Waals surface area (Å²) < 4.78 is 14.3. The fraction of sp³-hybridized carbons (Fsp3) is 0.143. The van der Waals surface area contributed by atoms with Crippen LogP contribution in [0.25, 0.3) is 5.69 Å². The lowest BCUT2D eigenvalue weighted by atomic mass is 10.2. The Kier molecular flexibility index (Phi) is 8.13. The fourth-order valence-electron chi connectivity index (χ4n) is 3.76. The van der Waals surface area contributed by atoms with E-state index in [0.717, 1.165) is 27.1 Å². The van der Waals surface area contributed by atoms with E-state index < -0.39 is 0 Å². The van der Waals surface area contributed by atoms with Gasteiger partial charge in [0.25, 0.3) is 5.91 Å². The second-order valence-corrected chi connectivity index (χ2v) is 9.36. The lowest BCUT2D eigenvalue weighted by Gasteiger charge is -2.13. The van der Waals surface area contributed by atoms with Gasteiger partial charge in [-0.2, -0.15) is 5.10 Å². The number of benzene rings is 3. The highest BCUT2D eigenvalue weighted by atomic mass is 79.9. The number of nitrogens with zero attached hydrogens (tertiary/aromatic N) is 2. The van der Waals surface area contributed by atoms with Crippen molar-refractivity contribution in [2.45, 2.75) is 20.5 Å². The molecule has 6 nitrogen and oxygen atoms in total. The Bertz CT molecular complexity index is 1390. The molecule has 1 N–H and O–H groups in total. The number of ether oxygens (including phenoxy) is 2. The van der Waals surface area contributed by atoms with Crippen LogP contribution in [0.5, 0.6) is 11.5 Å². The summed E-state index contributed by atoms with van der Waals surface area (Å²) in [6.07, 6.45) is 1.54. The van der Waals surface area contributed by atoms with Gasteiger partial charge in [0.2, 0.25) is 0 Å². The van der Waals surface area contributed by atoms with Crippen LogP contribution in [-0.4, -0.2) is 23.8 Å². The van der Waals surface area contributed by atoms with Gasteiger partial charge >= 0.3 is 0 Å². The summed E-state index contributed by atoms with van der Waals surface area (Å²) in [5.41, 5.74) is 7.94. The van der Waals surface area contributed by atoms with Crippen LogP contribution in [0.1, 0.15) is 32.9 Å². The largest absolute Gasteiger partial charge is 0.493 e. The summed E-state index contributed by atoms with van der Waals surface area (Å²) in [5.74, 6) is 0.782. The lowest BCUT2D eigenvalue weighted by molar-refractivity contribution is 0.0955. The molecule has 184 valence electrons. The minimum Gasteiger partial charge on any atom is -0.493 e. The minimum absolute atomic E-state index is 0.300. The molecule has 0 atom stereocenters. The van der Waals surface area contributed by atoms with Crippen molar-refractivity contribution in [1.29, 1.82) is 0 Å². The predicted molar refractivity (Wildman–Crippen MR) is 147 cm³/mol. The van der Waals surface area contributed by atoms with Gasteiger partial charge in [-0.3, -0.25) is 4.79 Å². The molecule has 0 spiro atoms. The molecule has 0 aliphatic rings. The van der Waals surface area contributed by atoms with Crippen LogP contribution in [0.15, 0.2) is 82.4 Å². The van der Waals surface area contributed by atoms with Crippen LogP contribution in [0.3, 0.4) is 0 Å². The average molecular weight is 567 g/mol. The monoisotopic (exact) mass is 565 g/mol. The Balaban J connectivity index is 1.42. The molecule has 1 heterocycles. The van der Waals surface area contributed by atoms with Gasteiger partial charge in [-0.1, -0.05) is 29.8 Å². The van der Waals surface area contributed by atoms with Gasteiger partial charge in [0.15, 0.2) is 11.5 Å². The van der Waals surface area contributed by atoms with Gasteiger partial charge in [-0.25, -0.2) is 5.43 Å². The summed E-state index contributed by atoms with van der Waals surface area (Å²) in [6.45, 7) is 4.40. The van der Waals surface area contributed by atoms with E-state index in [4.69, 9.17) is 21.1 Å². The normalized spacial score (nSPS) is 11.0. The zero-order valence-electron chi connectivity index (χ0n) is 20.1. The topological polar surface area (TPSA) is 64.8 Å². The van der Waals surface area contributed by atoms with Gasteiger partial charge in [-0.05, 0) is 84.4 Å². The maximum atomic E-state index is 12.6. The van der Waals surface area contributed by atoms with E-state index in [0.29, 0.717) is 34.3 Å². The first-order chi connectivity index (χ1) is 17.4. The molecule has 0 aliphatic heterocycles. The van der Waals surface area contributed by atoms with Crippen molar-refractivity contribution in [3.8, 4) is 17.2 Å². The average Bonchev–Trinajstić information content (AvgIpc) is 3.22. The van der Waals surface area contributed by atoms with Crippen LogP contribution >= 0.6 is 27.5 Å². The Morgan fingerprint density at radius 1 is 1.03 bits per heavy atom. The third-order valence-corrected chi connectivity index (χ3v) is 6.71. The summed E-state index contributed by atoms with van der Waals surface area (Å²) in [7, 11) is 1.56. The van der Waals surface area contributed by atoms with E-state index in [9.17, 15) is 4.79 Å². The van der Waals surface area contributed by atoms with Crippen molar-refractivity contribution in [2.75, 3.05) is 7.11 Å². The molecular weight excluding hydrogens is 542 g/mol. The smallest absolute Gasteiger partial charge is 0.271 e. The van der Waals surface area contributed by atoms with Crippen LogP contribution in [0, 0.1) is 13.8 Å². The lowest BCUT2D eigenvalue weighted by Crippen LogP contribution is -2.17. The number of halogens is 2. The number of aryl methyl sites for hydroxylation is 2. The second-order valence-electron chi connectivity index (χ2n) is 8.10. The Hall–Kier alpha value is -3.55. The zero-order chi connectivity index (χ0) is 25.7. The summed E-state index contributed by atoms with van der Waals surface area (Å²) in [4.78, 5) is 12.6. The van der Waals surface area contributed by atoms with Gasteiger partial charge in [0, 0.05) is 43.3 Å². The highest BCUT2D eigenvalue weighted by molar-refractivity contribution is 9.10. The van der Waals surface area contributed by atoms with Crippen LogP contribution in [0.4, 0.5) is 0 Å². The minimum atomic E-state index is -0.304. The third-order valence-electron chi connectivity index (χ3n) is 5.65. The molecule has 3 aromatic carbocycles. The molecule has 0 bridgehead atoms. The van der Waals surface area contributed by atoms with E-state index in [2.05, 4.69) is 43.2 Å². The summed E-state index contributed by atoms with van der Waals surface area (Å²) in [5, 5.41) is 4.75. The van der Waals surface area contributed by atoms with Crippen LogP contribution in [0.2, 0.25) is 5.02 Å². The number of carbonyl (C=O) groups is 1. The van der Waals surface area contributed by atoms with Crippen molar-refractivity contribution in [3.05, 3.63) is 110 Å². The van der Waals surface area contributed by atoms with Crippen molar-refractivity contribution >= 4 is 39.7 Å². The van der Waals surface area contributed by atoms with Crippen molar-refractivity contribution < 1.29 is 14.3 Å². The van der Waals surface area contributed by atoms with E-state index in [1.807, 2.05) is 50.2 Å². The van der Waals surface area contributed by atoms with E-state index in [1.54, 1.807) is 37.6 Å². The van der Waals surface area contributed by atoms with Gasteiger partial charge < -0.3 is 14.0 Å². The molecule has 0 unspecified atom stereocenters. The molecular formula is C28H25BrClN3O3. The molecule has 1 aromatic heterocycles. The van der Waals surface area contributed by atoms with Crippen LogP contribution < -0.4 is 14.9 Å². The number of nitrogens with one attached hydrogen (secondary N) is 1. The maximum absolute atomic E-state index is 12.6. The number of aromatic nitrogens is 1. The number of hydrazone groups is 1. The molecule has 36 heavy (non-hydrogen) atoms. The number of hydrogen-bond donors (Lipinski definition) is 1. The number of rotatable bonds is 8. The van der Waals surface area contributed by atoms with Crippen molar-refractivity contribution in [1.82, 2.24) is 9.99 Å². The first kappa shape index (κ1) is 25.5. The highest BCUT2D eigenvalue weighted by Gasteiger charge is 2.11. The van der Waals surface area contributed by atoms with Crippen molar-refractivity contribution in [3.63, 3.8) is 0 Å². The summed E-state index contributed by atoms with van der Waals surface area (Å²) in [6, 6.07) is 22.6. The first-order valence-electron chi connectivity index (χ1n) is 11.2. The fourth-order valence-corrected chi connectivity index (χ4v) is 4.37. The molecule has 8 heteroatoms. The van der Waals surface area contributed by atoms with E-state index >= 15 is 0 Å². The molecule has 1 amide bonds. The van der Waals surface area contributed by atoms with Gasteiger partial charge in [0.05, 0.1) is 13.3 Å². The number of carbonyl (C=O) groups excluding carboxylic acids is 1. The molecule has 0 radical (unpaired) electrons. The van der Waals surface area contributed by atoms with E-state index in [1.165, 1.54) is 0 Å². The highest BCUT2D eigenvalue weighted by Crippen LogP contribution is 2.34. The first-order valence-corrected chi connectivity index (χ1v) is 12.4. The quantitative estimate of drug-likeness (QED) is 0.187.